The number of amides is 1. The fourth-order valence-corrected chi connectivity index (χ4v) is 4.75. The molecule has 6 nitrogen and oxygen atoms in total. The average Bonchev–Trinajstić information content (AvgIpc) is 3.04. The molecular weight excluding hydrogens is 419 g/mol. The van der Waals surface area contributed by atoms with Crippen LogP contribution in [0.3, 0.4) is 0 Å². The first-order chi connectivity index (χ1) is 14.9. The van der Waals surface area contributed by atoms with Gasteiger partial charge in [0.05, 0.1) is 11.5 Å². The number of hydrogen-bond acceptors (Lipinski definition) is 4. The van der Waals surface area contributed by atoms with Crippen LogP contribution in [-0.2, 0) is 14.8 Å². The van der Waals surface area contributed by atoms with E-state index in [0.717, 1.165) is 29.9 Å². The molecule has 166 valence electrons. The van der Waals surface area contributed by atoms with Crippen LogP contribution in [0.15, 0.2) is 59.5 Å². The maximum Gasteiger partial charge on any atom is 0.246 e. The highest BCUT2D eigenvalue weighted by Crippen LogP contribution is 2.19. The third-order valence-electron chi connectivity index (χ3n) is 4.99. The Morgan fingerprint density at radius 3 is 2.42 bits per heavy atom. The quantitative estimate of drug-likeness (QED) is 0.610. The summed E-state index contributed by atoms with van der Waals surface area (Å²) in [6.07, 6.45) is 4.72. The van der Waals surface area contributed by atoms with Crippen LogP contribution in [0.25, 0.3) is 6.08 Å². The zero-order chi connectivity index (χ0) is 22.3. The third kappa shape index (κ3) is 6.15. The van der Waals surface area contributed by atoms with Crippen LogP contribution < -0.4 is 4.74 Å². The highest BCUT2D eigenvalue weighted by molar-refractivity contribution is 7.89. The van der Waals surface area contributed by atoms with Gasteiger partial charge in [-0.2, -0.15) is 4.31 Å². The maximum absolute atomic E-state index is 13.1. The standard InChI is InChI=1S/C23H27FN2O4S/c1-2-18-30-21-9-4-19(5-10-21)6-13-23(27)25-14-3-15-26(17-16-25)31(28,29)22-11-7-20(24)8-12-22/h4-13H,2-3,14-18H2,1H3/b13-6+. The molecule has 0 unspecified atom stereocenters. The van der Waals surface area contributed by atoms with Gasteiger partial charge < -0.3 is 9.64 Å². The molecule has 1 aliphatic rings. The van der Waals surface area contributed by atoms with Crippen LogP contribution >= 0.6 is 0 Å². The first kappa shape index (κ1) is 23.0. The van der Waals surface area contributed by atoms with Crippen molar-refractivity contribution in [3.05, 3.63) is 66.0 Å². The van der Waals surface area contributed by atoms with E-state index in [0.29, 0.717) is 32.7 Å². The predicted molar refractivity (Wildman–Crippen MR) is 118 cm³/mol. The summed E-state index contributed by atoms with van der Waals surface area (Å²) >= 11 is 0. The first-order valence-electron chi connectivity index (χ1n) is 10.4. The molecule has 0 bridgehead atoms. The summed E-state index contributed by atoms with van der Waals surface area (Å²) in [6.45, 7) is 3.99. The van der Waals surface area contributed by atoms with Crippen molar-refractivity contribution >= 4 is 22.0 Å². The molecule has 31 heavy (non-hydrogen) atoms. The molecule has 1 heterocycles. The number of sulfonamides is 1. The Balaban J connectivity index is 1.59. The van der Waals surface area contributed by atoms with E-state index in [-0.39, 0.29) is 17.3 Å². The molecule has 0 radical (unpaired) electrons. The Morgan fingerprint density at radius 2 is 1.74 bits per heavy atom. The summed E-state index contributed by atoms with van der Waals surface area (Å²) in [4.78, 5) is 14.3. The van der Waals surface area contributed by atoms with Gasteiger partial charge in [-0.3, -0.25) is 4.79 Å². The van der Waals surface area contributed by atoms with Gasteiger partial charge in [0, 0.05) is 32.3 Å². The highest BCUT2D eigenvalue weighted by Gasteiger charge is 2.27. The van der Waals surface area contributed by atoms with Gasteiger partial charge in [-0.15, -0.1) is 0 Å². The van der Waals surface area contributed by atoms with Crippen molar-refractivity contribution in [2.45, 2.75) is 24.7 Å². The second kappa shape index (κ2) is 10.5. The minimum Gasteiger partial charge on any atom is -0.494 e. The van der Waals surface area contributed by atoms with E-state index < -0.39 is 15.8 Å². The minimum atomic E-state index is -3.72. The first-order valence-corrected chi connectivity index (χ1v) is 11.8. The Kier molecular flexibility index (Phi) is 7.81. The van der Waals surface area contributed by atoms with Gasteiger partial charge in [0.2, 0.25) is 15.9 Å². The lowest BCUT2D eigenvalue weighted by Crippen LogP contribution is -2.36. The van der Waals surface area contributed by atoms with Crippen molar-refractivity contribution in [3.63, 3.8) is 0 Å². The van der Waals surface area contributed by atoms with Crippen LogP contribution in [0.5, 0.6) is 5.75 Å². The Bertz CT molecular complexity index is 1000. The lowest BCUT2D eigenvalue weighted by Gasteiger charge is -2.21. The number of hydrogen-bond donors (Lipinski definition) is 0. The lowest BCUT2D eigenvalue weighted by atomic mass is 10.2. The molecule has 3 rings (SSSR count). The van der Waals surface area contributed by atoms with Crippen molar-refractivity contribution in [1.29, 1.82) is 0 Å². The van der Waals surface area contributed by atoms with E-state index in [4.69, 9.17) is 4.74 Å². The normalized spacial score (nSPS) is 15.7. The van der Waals surface area contributed by atoms with Gasteiger partial charge in [0.1, 0.15) is 11.6 Å². The Morgan fingerprint density at radius 1 is 1.03 bits per heavy atom. The molecule has 2 aromatic carbocycles. The Hall–Kier alpha value is -2.71. The molecule has 2 aromatic rings. The fourth-order valence-electron chi connectivity index (χ4n) is 3.28. The van der Waals surface area contributed by atoms with Crippen molar-refractivity contribution in [1.82, 2.24) is 9.21 Å². The van der Waals surface area contributed by atoms with Crippen molar-refractivity contribution in [2.24, 2.45) is 0 Å². The van der Waals surface area contributed by atoms with Crippen LogP contribution in [0.4, 0.5) is 4.39 Å². The summed E-state index contributed by atoms with van der Waals surface area (Å²) in [6, 6.07) is 12.3. The van der Waals surface area contributed by atoms with E-state index in [1.807, 2.05) is 31.2 Å². The molecule has 0 N–H and O–H groups in total. The topological polar surface area (TPSA) is 66.9 Å². The van der Waals surface area contributed by atoms with Crippen LogP contribution in [0.1, 0.15) is 25.3 Å². The summed E-state index contributed by atoms with van der Waals surface area (Å²) in [7, 11) is -3.72. The summed E-state index contributed by atoms with van der Waals surface area (Å²) in [5.74, 6) is 0.147. The van der Waals surface area contributed by atoms with Gasteiger partial charge >= 0.3 is 0 Å². The SMILES string of the molecule is CCCOc1ccc(/C=C/C(=O)N2CCCN(S(=O)(=O)c3ccc(F)cc3)CC2)cc1. The Labute approximate surface area is 183 Å². The van der Waals surface area contributed by atoms with E-state index in [1.165, 1.54) is 22.5 Å². The molecular formula is C23H27FN2O4S. The highest BCUT2D eigenvalue weighted by atomic mass is 32.2. The smallest absolute Gasteiger partial charge is 0.246 e. The number of rotatable bonds is 7. The van der Waals surface area contributed by atoms with Gasteiger partial charge in [-0.05, 0) is 60.9 Å². The third-order valence-corrected chi connectivity index (χ3v) is 6.90. The van der Waals surface area contributed by atoms with Crippen molar-refractivity contribution in [3.8, 4) is 5.75 Å². The average molecular weight is 447 g/mol. The van der Waals surface area contributed by atoms with Gasteiger partial charge in [-0.1, -0.05) is 19.1 Å². The summed E-state index contributed by atoms with van der Waals surface area (Å²) in [5.41, 5.74) is 0.882. The molecule has 1 aliphatic heterocycles. The molecule has 1 amide bonds. The molecule has 1 fully saturated rings. The fraction of sp³-hybridized carbons (Fsp3) is 0.348. The van der Waals surface area contributed by atoms with E-state index >= 15 is 0 Å². The van der Waals surface area contributed by atoms with E-state index in [9.17, 15) is 17.6 Å². The predicted octanol–water partition coefficient (Wildman–Crippen LogP) is 3.55. The van der Waals surface area contributed by atoms with Crippen LogP contribution in [-0.4, -0.2) is 56.3 Å². The zero-order valence-electron chi connectivity index (χ0n) is 17.5. The molecule has 0 saturated carbocycles. The number of carbonyl (C=O) groups is 1. The van der Waals surface area contributed by atoms with Crippen molar-refractivity contribution < 1.29 is 22.3 Å². The summed E-state index contributed by atoms with van der Waals surface area (Å²) in [5, 5.41) is 0. The van der Waals surface area contributed by atoms with Crippen LogP contribution in [0, 0.1) is 5.82 Å². The van der Waals surface area contributed by atoms with Gasteiger partial charge in [-0.25, -0.2) is 12.8 Å². The second-order valence-corrected chi connectivity index (χ2v) is 9.23. The molecule has 0 aromatic heterocycles. The summed E-state index contributed by atoms with van der Waals surface area (Å²) < 4.78 is 45.6. The van der Waals surface area contributed by atoms with E-state index in [1.54, 1.807) is 11.0 Å². The lowest BCUT2D eigenvalue weighted by molar-refractivity contribution is -0.125. The second-order valence-electron chi connectivity index (χ2n) is 7.29. The van der Waals surface area contributed by atoms with E-state index in [2.05, 4.69) is 0 Å². The number of nitrogens with zero attached hydrogens (tertiary/aromatic N) is 2. The number of ether oxygens (including phenoxy) is 1. The zero-order valence-corrected chi connectivity index (χ0v) is 18.4. The number of carbonyl (C=O) groups excluding carboxylic acids is 1. The molecule has 0 spiro atoms. The molecule has 0 atom stereocenters. The number of halogens is 1. The molecule has 1 saturated heterocycles. The number of benzene rings is 2. The van der Waals surface area contributed by atoms with Gasteiger partial charge in [0.15, 0.2) is 0 Å². The van der Waals surface area contributed by atoms with Crippen LogP contribution in [0.2, 0.25) is 0 Å². The molecule has 0 aliphatic carbocycles. The maximum atomic E-state index is 13.1. The molecule has 8 heteroatoms. The minimum absolute atomic E-state index is 0.0555. The monoisotopic (exact) mass is 446 g/mol. The largest absolute Gasteiger partial charge is 0.494 e. The van der Waals surface area contributed by atoms with Gasteiger partial charge in [0.25, 0.3) is 0 Å². The van der Waals surface area contributed by atoms with Crippen molar-refractivity contribution in [2.75, 3.05) is 32.8 Å².